The van der Waals surface area contributed by atoms with Gasteiger partial charge in [-0.05, 0) is 55.5 Å². The van der Waals surface area contributed by atoms with Crippen LogP contribution in [0.3, 0.4) is 0 Å². The summed E-state index contributed by atoms with van der Waals surface area (Å²) in [6, 6.07) is 5.33. The van der Waals surface area contributed by atoms with Crippen molar-refractivity contribution in [3.05, 3.63) is 80.8 Å². The number of benzene rings is 1. The maximum Gasteiger partial charge on any atom is 0.163 e. The van der Waals surface area contributed by atoms with Crippen molar-refractivity contribution in [3.63, 3.8) is 0 Å². The van der Waals surface area contributed by atoms with E-state index in [-0.39, 0.29) is 11.8 Å². The highest BCUT2D eigenvalue weighted by Crippen LogP contribution is 2.44. The maximum atomic E-state index is 13.2. The Morgan fingerprint density at radius 3 is 2.57 bits per heavy atom. The van der Waals surface area contributed by atoms with Gasteiger partial charge in [-0.25, -0.2) is 0 Å². The average Bonchev–Trinajstić information content (AvgIpc) is 3.00. The van der Waals surface area contributed by atoms with Gasteiger partial charge in [0, 0.05) is 34.3 Å². The van der Waals surface area contributed by atoms with Gasteiger partial charge in [-0.2, -0.15) is 0 Å². The molecule has 1 aromatic rings. The minimum Gasteiger partial charge on any atom is -0.359 e. The topological polar surface area (TPSA) is 32.3 Å². The van der Waals surface area contributed by atoms with E-state index < -0.39 is 0 Å². The van der Waals surface area contributed by atoms with E-state index in [0.29, 0.717) is 22.4 Å². The predicted molar refractivity (Wildman–Crippen MR) is 126 cm³/mol. The molecule has 0 saturated carbocycles. The molecule has 0 fully saturated rings. The third kappa shape index (κ3) is 4.38. The van der Waals surface area contributed by atoms with Gasteiger partial charge < -0.3 is 10.2 Å². The largest absolute Gasteiger partial charge is 0.359 e. The van der Waals surface area contributed by atoms with Crippen molar-refractivity contribution in [2.24, 2.45) is 5.92 Å². The van der Waals surface area contributed by atoms with Crippen LogP contribution >= 0.6 is 23.2 Å². The number of nitrogens with one attached hydrogen (secondary N) is 1. The van der Waals surface area contributed by atoms with Crippen LogP contribution in [0.4, 0.5) is 0 Å². The molecule has 0 amide bonds. The smallest absolute Gasteiger partial charge is 0.163 e. The fourth-order valence-electron chi connectivity index (χ4n) is 4.39. The van der Waals surface area contributed by atoms with Crippen LogP contribution in [-0.2, 0) is 4.79 Å². The van der Waals surface area contributed by atoms with Gasteiger partial charge in [0.15, 0.2) is 5.78 Å². The average molecular weight is 445 g/mol. The number of nitrogens with zero attached hydrogens (tertiary/aromatic N) is 1. The Balaban J connectivity index is 0.00000124. The lowest BCUT2D eigenvalue weighted by Crippen LogP contribution is -2.33. The van der Waals surface area contributed by atoms with Crippen molar-refractivity contribution in [2.75, 3.05) is 6.54 Å². The zero-order chi connectivity index (χ0) is 21.8. The fourth-order valence-corrected chi connectivity index (χ4v) is 4.91. The molecule has 1 heterocycles. The van der Waals surface area contributed by atoms with E-state index in [1.54, 1.807) is 6.07 Å². The normalized spacial score (nSPS) is 23.1. The Hall–Kier alpha value is -1.97. The SMILES string of the molecule is CC.CCN1C2=C(C=CCC=C2)NC2=C(C(=O)CC(C)C2)C1c1ccc(Cl)cc1Cl. The van der Waals surface area contributed by atoms with Crippen molar-refractivity contribution >= 4 is 29.0 Å². The molecule has 0 bridgehead atoms. The van der Waals surface area contributed by atoms with Gasteiger partial charge in [0.25, 0.3) is 0 Å². The molecule has 0 aromatic heterocycles. The Morgan fingerprint density at radius 1 is 1.13 bits per heavy atom. The maximum absolute atomic E-state index is 13.2. The van der Waals surface area contributed by atoms with Crippen LogP contribution in [0.25, 0.3) is 0 Å². The molecule has 0 radical (unpaired) electrons. The minimum atomic E-state index is -0.235. The van der Waals surface area contributed by atoms with Crippen molar-refractivity contribution < 1.29 is 4.79 Å². The van der Waals surface area contributed by atoms with Crippen LogP contribution in [0.1, 0.15) is 58.6 Å². The van der Waals surface area contributed by atoms with E-state index in [2.05, 4.69) is 48.4 Å². The second kappa shape index (κ2) is 9.89. The summed E-state index contributed by atoms with van der Waals surface area (Å²) in [6.45, 7) is 9.00. The Bertz CT molecular complexity index is 942. The summed E-state index contributed by atoms with van der Waals surface area (Å²) in [5.74, 6) is 0.518. The standard InChI is InChI=1S/C23H24Cl2N2O.C2H6/c1-3-27-20-8-6-4-5-7-18(20)26-19-11-14(2)12-21(28)22(19)23(27)16-10-9-15(24)13-17(16)25;1-2/h5-10,13-14,23,26H,3-4,11-12H2,1-2H3;1-2H3. The third-order valence-electron chi connectivity index (χ3n) is 5.60. The van der Waals surface area contributed by atoms with Crippen LogP contribution in [0.5, 0.6) is 0 Å². The van der Waals surface area contributed by atoms with E-state index in [1.807, 2.05) is 26.0 Å². The minimum absolute atomic E-state index is 0.196. The van der Waals surface area contributed by atoms with Crippen molar-refractivity contribution in [1.29, 1.82) is 0 Å². The molecule has 4 rings (SSSR count). The van der Waals surface area contributed by atoms with Gasteiger partial charge in [-0.3, -0.25) is 4.79 Å². The van der Waals surface area contributed by atoms with Gasteiger partial charge >= 0.3 is 0 Å². The highest BCUT2D eigenvalue weighted by atomic mass is 35.5. The van der Waals surface area contributed by atoms with Gasteiger partial charge in [-0.15, -0.1) is 0 Å². The number of carbonyl (C=O) groups is 1. The fraction of sp³-hybridized carbons (Fsp3) is 0.400. The summed E-state index contributed by atoms with van der Waals surface area (Å²) >= 11 is 12.8. The zero-order valence-corrected chi connectivity index (χ0v) is 19.6. The first-order valence-electron chi connectivity index (χ1n) is 10.8. The van der Waals surface area contributed by atoms with E-state index in [0.717, 1.165) is 47.6 Å². The highest BCUT2D eigenvalue weighted by molar-refractivity contribution is 6.35. The molecule has 0 saturated heterocycles. The van der Waals surface area contributed by atoms with Crippen molar-refractivity contribution in [1.82, 2.24) is 10.2 Å². The molecular formula is C25H30Cl2N2O. The lowest BCUT2D eigenvalue weighted by atomic mass is 9.81. The molecule has 0 spiro atoms. The van der Waals surface area contributed by atoms with Gasteiger partial charge in [0.05, 0.1) is 17.4 Å². The van der Waals surface area contributed by atoms with E-state index >= 15 is 0 Å². The Morgan fingerprint density at radius 2 is 1.87 bits per heavy atom. The second-order valence-electron chi connectivity index (χ2n) is 7.65. The summed E-state index contributed by atoms with van der Waals surface area (Å²) in [5, 5.41) is 4.79. The zero-order valence-electron chi connectivity index (χ0n) is 18.1. The number of hydrogen-bond donors (Lipinski definition) is 1. The number of allylic oxidation sites excluding steroid dienone is 5. The first-order chi connectivity index (χ1) is 14.5. The number of hydrogen-bond acceptors (Lipinski definition) is 3. The molecule has 2 aliphatic carbocycles. The number of rotatable bonds is 2. The molecule has 1 N–H and O–H groups in total. The second-order valence-corrected chi connectivity index (χ2v) is 8.49. The lowest BCUT2D eigenvalue weighted by Gasteiger charge is -2.36. The van der Waals surface area contributed by atoms with Gasteiger partial charge in [0.2, 0.25) is 0 Å². The predicted octanol–water partition coefficient (Wildman–Crippen LogP) is 6.97. The van der Waals surface area contributed by atoms with Gasteiger partial charge in [-0.1, -0.05) is 62.2 Å². The van der Waals surface area contributed by atoms with Crippen LogP contribution in [0, 0.1) is 5.92 Å². The summed E-state index contributed by atoms with van der Waals surface area (Å²) in [4.78, 5) is 15.5. The molecule has 1 aromatic carbocycles. The van der Waals surface area contributed by atoms with Crippen molar-refractivity contribution in [2.45, 2.75) is 53.0 Å². The summed E-state index contributed by atoms with van der Waals surface area (Å²) in [7, 11) is 0. The molecule has 1 aliphatic heterocycles. The number of Topliss-reactive ketones (excluding diaryl/α,β-unsaturated/α-hetero) is 1. The van der Waals surface area contributed by atoms with Crippen molar-refractivity contribution in [3.8, 4) is 0 Å². The molecule has 3 nitrogen and oxygen atoms in total. The van der Waals surface area contributed by atoms with Crippen LogP contribution in [-0.4, -0.2) is 17.2 Å². The molecular weight excluding hydrogens is 415 g/mol. The number of ketones is 1. The van der Waals surface area contributed by atoms with Crippen LogP contribution in [0.15, 0.2) is 65.2 Å². The third-order valence-corrected chi connectivity index (χ3v) is 6.16. The first-order valence-corrected chi connectivity index (χ1v) is 11.6. The van der Waals surface area contributed by atoms with Crippen LogP contribution < -0.4 is 5.32 Å². The monoisotopic (exact) mass is 444 g/mol. The number of halogens is 2. The molecule has 2 atom stereocenters. The molecule has 2 unspecified atom stereocenters. The van der Waals surface area contributed by atoms with E-state index in [4.69, 9.17) is 23.2 Å². The highest BCUT2D eigenvalue weighted by Gasteiger charge is 2.38. The molecule has 5 heteroatoms. The van der Waals surface area contributed by atoms with Gasteiger partial charge in [0.1, 0.15) is 0 Å². The molecule has 30 heavy (non-hydrogen) atoms. The quantitative estimate of drug-likeness (QED) is 0.534. The van der Waals surface area contributed by atoms with E-state index in [9.17, 15) is 4.79 Å². The number of likely N-dealkylation sites (N-methyl/N-ethyl adjacent to an activating group) is 1. The molecule has 160 valence electrons. The summed E-state index contributed by atoms with van der Waals surface area (Å²) in [5.41, 5.74) is 4.89. The van der Waals surface area contributed by atoms with Crippen LogP contribution in [0.2, 0.25) is 10.0 Å². The Labute approximate surface area is 190 Å². The summed E-state index contributed by atoms with van der Waals surface area (Å²) < 4.78 is 0. The lowest BCUT2D eigenvalue weighted by molar-refractivity contribution is -0.117. The van der Waals surface area contributed by atoms with E-state index in [1.165, 1.54) is 0 Å². The summed E-state index contributed by atoms with van der Waals surface area (Å²) in [6.07, 6.45) is 10.9. The molecule has 3 aliphatic rings. The first kappa shape index (κ1) is 22.7. The Kier molecular flexibility index (Phi) is 7.49. The number of carbonyl (C=O) groups excluding carboxylic acids is 1.